The third kappa shape index (κ3) is 34.3. The molecular formula is C42H80O6. The Kier molecular flexibility index (Phi) is 34.1. The van der Waals surface area contributed by atoms with Crippen molar-refractivity contribution in [1.29, 1.82) is 0 Å². The lowest BCUT2D eigenvalue weighted by atomic mass is 9.99. The molecule has 0 N–H and O–H groups in total. The van der Waals surface area contributed by atoms with Gasteiger partial charge in [-0.2, -0.15) is 0 Å². The van der Waals surface area contributed by atoms with Crippen LogP contribution in [0.15, 0.2) is 0 Å². The van der Waals surface area contributed by atoms with Crippen LogP contribution >= 0.6 is 0 Å². The summed E-state index contributed by atoms with van der Waals surface area (Å²) in [6.07, 6.45) is 31.1. The van der Waals surface area contributed by atoms with Crippen molar-refractivity contribution in [2.24, 2.45) is 11.8 Å². The van der Waals surface area contributed by atoms with E-state index in [1.165, 1.54) is 103 Å². The number of carbonyl (C=O) groups excluding carboxylic acids is 3. The van der Waals surface area contributed by atoms with Crippen LogP contribution in [0.3, 0.4) is 0 Å². The van der Waals surface area contributed by atoms with Crippen molar-refractivity contribution in [3.63, 3.8) is 0 Å². The van der Waals surface area contributed by atoms with Crippen molar-refractivity contribution in [3.05, 3.63) is 0 Å². The summed E-state index contributed by atoms with van der Waals surface area (Å²) in [4.78, 5) is 37.3. The molecule has 0 heterocycles. The van der Waals surface area contributed by atoms with Crippen molar-refractivity contribution in [2.75, 3.05) is 13.2 Å². The monoisotopic (exact) mass is 681 g/mol. The second-order valence-electron chi connectivity index (χ2n) is 15.0. The summed E-state index contributed by atoms with van der Waals surface area (Å²) < 4.78 is 16.6. The van der Waals surface area contributed by atoms with Crippen LogP contribution in [-0.4, -0.2) is 37.2 Å². The zero-order valence-corrected chi connectivity index (χ0v) is 32.6. The van der Waals surface area contributed by atoms with Gasteiger partial charge >= 0.3 is 17.9 Å². The van der Waals surface area contributed by atoms with Crippen LogP contribution < -0.4 is 0 Å². The van der Waals surface area contributed by atoms with Gasteiger partial charge in [0.05, 0.1) is 0 Å². The lowest BCUT2D eigenvalue weighted by Crippen LogP contribution is -2.30. The maximum Gasteiger partial charge on any atom is 0.306 e. The Morgan fingerprint density at radius 2 is 0.792 bits per heavy atom. The number of rotatable bonds is 36. The van der Waals surface area contributed by atoms with E-state index in [1.807, 2.05) is 0 Å². The predicted molar refractivity (Wildman–Crippen MR) is 201 cm³/mol. The van der Waals surface area contributed by atoms with Gasteiger partial charge in [0.1, 0.15) is 13.2 Å². The molecule has 0 saturated carbocycles. The third-order valence-corrected chi connectivity index (χ3v) is 9.58. The Hall–Kier alpha value is -1.59. The summed E-state index contributed by atoms with van der Waals surface area (Å²) in [5.74, 6) is 0.785. The smallest absolute Gasteiger partial charge is 0.306 e. The number of hydrogen-bond donors (Lipinski definition) is 0. The fourth-order valence-electron chi connectivity index (χ4n) is 6.01. The first-order valence-corrected chi connectivity index (χ1v) is 20.8. The topological polar surface area (TPSA) is 78.9 Å². The second-order valence-corrected chi connectivity index (χ2v) is 15.0. The Bertz CT molecular complexity index is 736. The molecule has 0 aromatic heterocycles. The normalized spacial score (nSPS) is 12.6. The van der Waals surface area contributed by atoms with E-state index < -0.39 is 6.10 Å². The molecule has 0 bridgehead atoms. The Morgan fingerprint density at radius 3 is 1.19 bits per heavy atom. The largest absolute Gasteiger partial charge is 0.462 e. The molecule has 2 atom stereocenters. The van der Waals surface area contributed by atoms with Crippen LogP contribution in [0.2, 0.25) is 0 Å². The summed E-state index contributed by atoms with van der Waals surface area (Å²) in [6.45, 7) is 11.2. The molecule has 0 aromatic carbocycles. The second kappa shape index (κ2) is 35.2. The SMILES string of the molecule is CCCCCCCC(=O)OC[C@H](COC(=O)CCCCCCCCCCCCC(C)C)OC(=O)CCCCCCCCCCC(C)CC. The lowest BCUT2D eigenvalue weighted by molar-refractivity contribution is -0.167. The first-order chi connectivity index (χ1) is 23.3. The van der Waals surface area contributed by atoms with E-state index in [-0.39, 0.29) is 31.1 Å². The van der Waals surface area contributed by atoms with Crippen LogP contribution in [0, 0.1) is 11.8 Å². The van der Waals surface area contributed by atoms with Crippen LogP contribution in [0.4, 0.5) is 0 Å². The molecule has 0 aliphatic heterocycles. The molecule has 6 nitrogen and oxygen atoms in total. The molecule has 0 fully saturated rings. The summed E-state index contributed by atoms with van der Waals surface area (Å²) in [6, 6.07) is 0. The molecule has 0 rings (SSSR count). The number of carbonyl (C=O) groups is 3. The van der Waals surface area contributed by atoms with Gasteiger partial charge in [0.15, 0.2) is 6.10 Å². The molecule has 0 amide bonds. The van der Waals surface area contributed by atoms with Crippen molar-refractivity contribution in [2.45, 2.75) is 227 Å². The summed E-state index contributed by atoms with van der Waals surface area (Å²) >= 11 is 0. The van der Waals surface area contributed by atoms with E-state index in [1.54, 1.807) is 0 Å². The number of ether oxygens (including phenoxy) is 3. The van der Waals surface area contributed by atoms with Crippen molar-refractivity contribution >= 4 is 17.9 Å². The minimum Gasteiger partial charge on any atom is -0.462 e. The molecule has 0 aliphatic carbocycles. The highest BCUT2D eigenvalue weighted by molar-refractivity contribution is 5.71. The third-order valence-electron chi connectivity index (χ3n) is 9.58. The Balaban J connectivity index is 4.25. The van der Waals surface area contributed by atoms with E-state index in [9.17, 15) is 14.4 Å². The van der Waals surface area contributed by atoms with Gasteiger partial charge in [-0.15, -0.1) is 0 Å². The average Bonchev–Trinajstić information content (AvgIpc) is 3.06. The number of hydrogen-bond acceptors (Lipinski definition) is 6. The zero-order valence-electron chi connectivity index (χ0n) is 32.6. The molecule has 284 valence electrons. The molecule has 0 aromatic rings. The highest BCUT2D eigenvalue weighted by atomic mass is 16.6. The minimum atomic E-state index is -0.758. The fourth-order valence-corrected chi connectivity index (χ4v) is 6.01. The first-order valence-electron chi connectivity index (χ1n) is 20.8. The van der Waals surface area contributed by atoms with Crippen molar-refractivity contribution in [1.82, 2.24) is 0 Å². The minimum absolute atomic E-state index is 0.0669. The van der Waals surface area contributed by atoms with Crippen LogP contribution in [0.5, 0.6) is 0 Å². The molecule has 0 aliphatic rings. The van der Waals surface area contributed by atoms with E-state index in [0.717, 1.165) is 76.0 Å². The fraction of sp³-hybridized carbons (Fsp3) is 0.929. The van der Waals surface area contributed by atoms with Gasteiger partial charge in [-0.1, -0.05) is 182 Å². The molecule has 0 saturated heterocycles. The highest BCUT2D eigenvalue weighted by Crippen LogP contribution is 2.16. The van der Waals surface area contributed by atoms with Gasteiger partial charge in [-0.3, -0.25) is 14.4 Å². The number of esters is 3. The standard InChI is InChI=1S/C42H80O6/c1-6-8-9-20-27-32-40(43)46-35-39(48-42(45)34-29-24-19-15-14-17-22-26-31-38(5)7-2)36-47-41(44)33-28-23-18-13-11-10-12-16-21-25-30-37(3)4/h37-39H,6-36H2,1-5H3/t38?,39-/m1/s1. The Labute approximate surface area is 298 Å². The van der Waals surface area contributed by atoms with E-state index in [2.05, 4.69) is 34.6 Å². The maximum atomic E-state index is 12.6. The van der Waals surface area contributed by atoms with Gasteiger partial charge < -0.3 is 14.2 Å². The highest BCUT2D eigenvalue weighted by Gasteiger charge is 2.19. The molecule has 1 unspecified atom stereocenters. The van der Waals surface area contributed by atoms with Crippen LogP contribution in [0.25, 0.3) is 0 Å². The van der Waals surface area contributed by atoms with Crippen LogP contribution in [0.1, 0.15) is 221 Å². The average molecular weight is 681 g/mol. The van der Waals surface area contributed by atoms with E-state index in [0.29, 0.717) is 19.3 Å². The molecular weight excluding hydrogens is 600 g/mol. The van der Waals surface area contributed by atoms with Gasteiger partial charge in [-0.25, -0.2) is 0 Å². The summed E-state index contributed by atoms with van der Waals surface area (Å²) in [7, 11) is 0. The zero-order chi connectivity index (χ0) is 35.5. The Morgan fingerprint density at radius 1 is 0.438 bits per heavy atom. The van der Waals surface area contributed by atoms with Gasteiger partial charge in [0.2, 0.25) is 0 Å². The van der Waals surface area contributed by atoms with E-state index >= 15 is 0 Å². The molecule has 0 radical (unpaired) electrons. The van der Waals surface area contributed by atoms with Gasteiger partial charge in [0.25, 0.3) is 0 Å². The van der Waals surface area contributed by atoms with Gasteiger partial charge in [0, 0.05) is 19.3 Å². The van der Waals surface area contributed by atoms with Gasteiger partial charge in [-0.05, 0) is 31.1 Å². The van der Waals surface area contributed by atoms with Crippen molar-refractivity contribution < 1.29 is 28.6 Å². The quantitative estimate of drug-likeness (QED) is 0.0372. The molecule has 48 heavy (non-hydrogen) atoms. The molecule has 0 spiro atoms. The van der Waals surface area contributed by atoms with Crippen LogP contribution in [-0.2, 0) is 28.6 Å². The summed E-state index contributed by atoms with van der Waals surface area (Å²) in [5.41, 5.74) is 0. The summed E-state index contributed by atoms with van der Waals surface area (Å²) in [5, 5.41) is 0. The lowest BCUT2D eigenvalue weighted by Gasteiger charge is -2.18. The first kappa shape index (κ1) is 46.4. The maximum absolute atomic E-state index is 12.6. The predicted octanol–water partition coefficient (Wildman–Crippen LogP) is 12.6. The van der Waals surface area contributed by atoms with E-state index in [4.69, 9.17) is 14.2 Å². The van der Waals surface area contributed by atoms with Crippen molar-refractivity contribution in [3.8, 4) is 0 Å². The molecule has 6 heteroatoms. The number of unbranched alkanes of at least 4 members (excludes halogenated alkanes) is 20.